The van der Waals surface area contributed by atoms with Gasteiger partial charge in [-0.05, 0) is 18.2 Å². The lowest BCUT2D eigenvalue weighted by molar-refractivity contribution is -0.137. The summed E-state index contributed by atoms with van der Waals surface area (Å²) in [6, 6.07) is 2.92. The van der Waals surface area contributed by atoms with Gasteiger partial charge in [0.05, 0.1) is 10.6 Å². The first-order valence-electron chi connectivity index (χ1n) is 5.50. The Bertz CT molecular complexity index is 751. The van der Waals surface area contributed by atoms with E-state index in [-0.39, 0.29) is 11.5 Å². The Hall–Kier alpha value is -2.29. The molecule has 10 heteroatoms. The number of halogens is 4. The highest BCUT2D eigenvalue weighted by atomic mass is 35.5. The van der Waals surface area contributed by atoms with E-state index in [4.69, 9.17) is 11.6 Å². The maximum Gasteiger partial charge on any atom is 0.417 e. The smallest absolute Gasteiger partial charge is 0.319 e. The quantitative estimate of drug-likeness (QED) is 0.888. The first-order valence-corrected chi connectivity index (χ1v) is 5.87. The van der Waals surface area contributed by atoms with E-state index in [1.165, 1.54) is 13.1 Å². The fraction of sp³-hybridized carbons (Fsp3) is 0.182. The van der Waals surface area contributed by atoms with Gasteiger partial charge in [-0.1, -0.05) is 11.6 Å². The van der Waals surface area contributed by atoms with Crippen LogP contribution in [-0.4, -0.2) is 20.7 Å². The van der Waals surface area contributed by atoms with Crippen molar-refractivity contribution in [3.63, 3.8) is 0 Å². The third kappa shape index (κ3) is 3.24. The molecule has 0 saturated heterocycles. The van der Waals surface area contributed by atoms with Crippen LogP contribution in [0.25, 0.3) is 0 Å². The number of carbonyl (C=O) groups excluding carboxylic acids is 1. The van der Waals surface area contributed by atoms with Crippen LogP contribution < -0.4 is 11.0 Å². The Morgan fingerprint density at radius 1 is 1.43 bits per heavy atom. The van der Waals surface area contributed by atoms with E-state index in [0.29, 0.717) is 6.07 Å². The molecule has 1 amide bonds. The highest BCUT2D eigenvalue weighted by Crippen LogP contribution is 2.36. The number of aryl methyl sites for hydroxylation is 1. The summed E-state index contributed by atoms with van der Waals surface area (Å²) in [7, 11) is 1.32. The van der Waals surface area contributed by atoms with Gasteiger partial charge in [0.2, 0.25) is 5.82 Å². The van der Waals surface area contributed by atoms with Crippen LogP contribution in [0.3, 0.4) is 0 Å². The predicted octanol–water partition coefficient (Wildman–Crippen LogP) is 2.03. The van der Waals surface area contributed by atoms with E-state index in [9.17, 15) is 22.8 Å². The number of hydrogen-bond acceptors (Lipinski definition) is 3. The molecule has 6 nitrogen and oxygen atoms in total. The Kier molecular flexibility index (Phi) is 3.77. The number of rotatable bonds is 2. The first-order chi connectivity index (χ1) is 9.68. The van der Waals surface area contributed by atoms with Crippen molar-refractivity contribution in [2.24, 2.45) is 7.05 Å². The van der Waals surface area contributed by atoms with Gasteiger partial charge in [0.1, 0.15) is 0 Å². The zero-order valence-electron chi connectivity index (χ0n) is 10.5. The number of hydrogen-bond donors (Lipinski definition) is 2. The Balaban J connectivity index is 2.28. The minimum Gasteiger partial charge on any atom is -0.319 e. The Morgan fingerprint density at radius 3 is 2.62 bits per heavy atom. The summed E-state index contributed by atoms with van der Waals surface area (Å²) in [5.74, 6) is -1.16. The van der Waals surface area contributed by atoms with Crippen LogP contribution in [0.2, 0.25) is 5.02 Å². The summed E-state index contributed by atoms with van der Waals surface area (Å²) in [6.07, 6.45) is -4.64. The van der Waals surface area contributed by atoms with Crippen molar-refractivity contribution in [3.05, 3.63) is 45.1 Å². The lowest BCUT2D eigenvalue weighted by Crippen LogP contribution is -2.16. The van der Waals surface area contributed by atoms with E-state index in [0.717, 1.165) is 10.7 Å². The van der Waals surface area contributed by atoms with Crippen LogP contribution >= 0.6 is 11.6 Å². The molecule has 2 N–H and O–H groups in total. The average Bonchev–Trinajstić information content (AvgIpc) is 2.71. The van der Waals surface area contributed by atoms with Gasteiger partial charge >= 0.3 is 11.9 Å². The van der Waals surface area contributed by atoms with Crippen molar-refractivity contribution in [1.82, 2.24) is 14.8 Å². The molecule has 0 aliphatic rings. The number of nitrogens with zero attached hydrogens (tertiary/aromatic N) is 2. The van der Waals surface area contributed by atoms with Crippen molar-refractivity contribution in [2.45, 2.75) is 6.18 Å². The number of benzene rings is 1. The zero-order valence-corrected chi connectivity index (χ0v) is 11.2. The maximum atomic E-state index is 12.7. The maximum absolute atomic E-state index is 12.7. The summed E-state index contributed by atoms with van der Waals surface area (Å²) in [5.41, 5.74) is -1.81. The molecular formula is C11H8ClF3N4O2. The number of aromatic nitrogens is 3. The molecule has 0 atom stereocenters. The second-order valence-electron chi connectivity index (χ2n) is 4.05. The molecule has 1 aromatic carbocycles. The molecule has 0 aliphatic carbocycles. The molecular weight excluding hydrogens is 313 g/mol. The molecule has 1 aromatic heterocycles. The molecule has 0 aliphatic heterocycles. The van der Waals surface area contributed by atoms with Crippen molar-refractivity contribution in [2.75, 3.05) is 5.32 Å². The number of H-pyrrole nitrogens is 1. The number of aromatic amines is 1. The normalized spacial score (nSPS) is 11.5. The van der Waals surface area contributed by atoms with Crippen molar-refractivity contribution in [3.8, 4) is 0 Å². The first kappa shape index (κ1) is 15.1. The fourth-order valence-electron chi connectivity index (χ4n) is 1.52. The van der Waals surface area contributed by atoms with Gasteiger partial charge in [-0.2, -0.15) is 13.2 Å². The third-order valence-electron chi connectivity index (χ3n) is 2.51. The summed E-state index contributed by atoms with van der Waals surface area (Å²) >= 11 is 5.46. The van der Waals surface area contributed by atoms with Crippen molar-refractivity contribution < 1.29 is 18.0 Å². The second-order valence-corrected chi connectivity index (χ2v) is 4.46. The molecule has 0 bridgehead atoms. The largest absolute Gasteiger partial charge is 0.417 e. The van der Waals surface area contributed by atoms with E-state index in [2.05, 4.69) is 15.4 Å². The van der Waals surface area contributed by atoms with Crippen molar-refractivity contribution in [1.29, 1.82) is 0 Å². The van der Waals surface area contributed by atoms with E-state index < -0.39 is 28.4 Å². The number of alkyl halides is 3. The van der Waals surface area contributed by atoms with Crippen LogP contribution in [0.15, 0.2) is 23.0 Å². The summed E-state index contributed by atoms with van der Waals surface area (Å²) < 4.78 is 38.9. The third-order valence-corrected chi connectivity index (χ3v) is 2.84. The van der Waals surface area contributed by atoms with Gasteiger partial charge < -0.3 is 5.32 Å². The minimum atomic E-state index is -4.64. The molecule has 2 aromatic rings. The summed E-state index contributed by atoms with van der Waals surface area (Å²) in [5, 5.41) is 5.30. The monoisotopic (exact) mass is 320 g/mol. The van der Waals surface area contributed by atoms with Gasteiger partial charge in [-0.3, -0.25) is 9.78 Å². The Labute approximate surface area is 120 Å². The fourth-order valence-corrected chi connectivity index (χ4v) is 1.74. The topological polar surface area (TPSA) is 79.8 Å². The predicted molar refractivity (Wildman–Crippen MR) is 68.2 cm³/mol. The van der Waals surface area contributed by atoms with Gasteiger partial charge in [-0.15, -0.1) is 5.10 Å². The van der Waals surface area contributed by atoms with Crippen LogP contribution in [-0.2, 0) is 13.2 Å². The Morgan fingerprint density at radius 2 is 2.10 bits per heavy atom. The minimum absolute atomic E-state index is 0.122. The van der Waals surface area contributed by atoms with Crippen LogP contribution in [0.4, 0.5) is 18.9 Å². The van der Waals surface area contributed by atoms with Crippen LogP contribution in [0.1, 0.15) is 16.2 Å². The molecule has 21 heavy (non-hydrogen) atoms. The summed E-state index contributed by atoms with van der Waals surface area (Å²) in [4.78, 5) is 25.0. The second kappa shape index (κ2) is 5.24. The van der Waals surface area contributed by atoms with Gasteiger partial charge in [-0.25, -0.2) is 9.48 Å². The standard InChI is InChI=1S/C11H8ClF3N4O2/c1-19-10(21)17-8(18-19)9(20)16-5-2-3-7(12)6(4-5)11(13,14)15/h2-4H,1H3,(H,16,20)(H,17,18,21). The van der Waals surface area contributed by atoms with E-state index in [1.54, 1.807) is 0 Å². The molecule has 0 spiro atoms. The number of nitrogens with one attached hydrogen (secondary N) is 2. The van der Waals surface area contributed by atoms with Gasteiger partial charge in [0.25, 0.3) is 5.91 Å². The van der Waals surface area contributed by atoms with Crippen molar-refractivity contribution >= 4 is 23.2 Å². The molecule has 0 saturated carbocycles. The average molecular weight is 321 g/mol. The zero-order chi connectivity index (χ0) is 15.8. The van der Waals surface area contributed by atoms with Gasteiger partial charge in [0.15, 0.2) is 0 Å². The van der Waals surface area contributed by atoms with Gasteiger partial charge in [0, 0.05) is 12.7 Å². The highest BCUT2D eigenvalue weighted by molar-refractivity contribution is 6.31. The highest BCUT2D eigenvalue weighted by Gasteiger charge is 2.33. The molecule has 112 valence electrons. The number of amides is 1. The lowest BCUT2D eigenvalue weighted by Gasteiger charge is -2.11. The van der Waals surface area contributed by atoms with E-state index in [1.807, 2.05) is 0 Å². The molecule has 0 unspecified atom stereocenters. The molecule has 0 fully saturated rings. The molecule has 1 heterocycles. The molecule has 2 rings (SSSR count). The molecule has 0 radical (unpaired) electrons. The van der Waals surface area contributed by atoms with Crippen LogP contribution in [0.5, 0.6) is 0 Å². The SMILES string of the molecule is Cn1nc(C(=O)Nc2ccc(Cl)c(C(F)(F)F)c2)[nH]c1=O. The number of anilines is 1. The number of carbonyl (C=O) groups is 1. The lowest BCUT2D eigenvalue weighted by atomic mass is 10.2. The summed E-state index contributed by atoms with van der Waals surface area (Å²) in [6.45, 7) is 0. The van der Waals surface area contributed by atoms with E-state index >= 15 is 0 Å². The van der Waals surface area contributed by atoms with Crippen LogP contribution in [0, 0.1) is 0 Å².